The first-order valence-corrected chi connectivity index (χ1v) is 8.77. The van der Waals surface area contributed by atoms with Gasteiger partial charge in [0.05, 0.1) is 0 Å². The van der Waals surface area contributed by atoms with Gasteiger partial charge in [0.1, 0.15) is 0 Å². The van der Waals surface area contributed by atoms with Crippen molar-refractivity contribution >= 4 is 0 Å². The van der Waals surface area contributed by atoms with Crippen molar-refractivity contribution < 1.29 is 0 Å². The summed E-state index contributed by atoms with van der Waals surface area (Å²) in [5.41, 5.74) is 6.96. The van der Waals surface area contributed by atoms with Crippen molar-refractivity contribution in [2.75, 3.05) is 0 Å². The van der Waals surface area contributed by atoms with Crippen molar-refractivity contribution in [1.29, 1.82) is 0 Å². The van der Waals surface area contributed by atoms with Gasteiger partial charge in [-0.25, -0.2) is 0 Å². The SMILES string of the molecule is Cc1ccc(C(C)(CCc2ccccc2)c2ccccc2)cc1C. The lowest BCUT2D eigenvalue weighted by Crippen LogP contribution is -2.24. The molecule has 0 heterocycles. The van der Waals surface area contributed by atoms with E-state index in [1.165, 1.54) is 27.8 Å². The third-order valence-corrected chi connectivity index (χ3v) is 5.31. The van der Waals surface area contributed by atoms with Gasteiger partial charge in [0, 0.05) is 5.41 Å². The lowest BCUT2D eigenvalue weighted by molar-refractivity contribution is 0.519. The molecule has 3 aromatic rings. The highest BCUT2D eigenvalue weighted by Crippen LogP contribution is 2.37. The van der Waals surface area contributed by atoms with Gasteiger partial charge in [0.25, 0.3) is 0 Å². The molecule has 0 amide bonds. The molecular formula is C24H26. The van der Waals surface area contributed by atoms with Crippen LogP contribution in [-0.2, 0) is 11.8 Å². The van der Waals surface area contributed by atoms with E-state index in [0.29, 0.717) is 0 Å². The molecule has 0 spiro atoms. The summed E-state index contributed by atoms with van der Waals surface area (Å²) in [6, 6.07) is 28.7. The Hall–Kier alpha value is -2.34. The van der Waals surface area contributed by atoms with Gasteiger partial charge in [0.15, 0.2) is 0 Å². The fraction of sp³-hybridized carbons (Fsp3) is 0.250. The molecule has 24 heavy (non-hydrogen) atoms. The normalized spacial score (nSPS) is 13.5. The molecule has 0 N–H and O–H groups in total. The van der Waals surface area contributed by atoms with Gasteiger partial charge in [-0.05, 0) is 54.5 Å². The summed E-state index contributed by atoms with van der Waals surface area (Å²) in [5, 5.41) is 0. The lowest BCUT2D eigenvalue weighted by atomic mass is 9.72. The predicted octanol–water partition coefficient (Wildman–Crippen LogP) is 6.24. The molecule has 3 aromatic carbocycles. The molecular weight excluding hydrogens is 288 g/mol. The second-order valence-corrected chi connectivity index (χ2v) is 6.98. The van der Waals surface area contributed by atoms with Crippen molar-refractivity contribution in [3.05, 3.63) is 107 Å². The van der Waals surface area contributed by atoms with Gasteiger partial charge >= 0.3 is 0 Å². The molecule has 0 saturated carbocycles. The maximum atomic E-state index is 2.38. The molecule has 1 unspecified atom stereocenters. The second-order valence-electron chi connectivity index (χ2n) is 6.98. The van der Waals surface area contributed by atoms with E-state index in [4.69, 9.17) is 0 Å². The summed E-state index contributed by atoms with van der Waals surface area (Å²) < 4.78 is 0. The third-order valence-electron chi connectivity index (χ3n) is 5.31. The molecule has 1 atom stereocenters. The van der Waals surface area contributed by atoms with E-state index >= 15 is 0 Å². The van der Waals surface area contributed by atoms with Gasteiger partial charge in [-0.15, -0.1) is 0 Å². The largest absolute Gasteiger partial charge is 0.0622 e. The Kier molecular flexibility index (Phi) is 4.85. The molecule has 0 aliphatic carbocycles. The van der Waals surface area contributed by atoms with E-state index in [2.05, 4.69) is 99.6 Å². The Bertz CT molecular complexity index is 787. The maximum Gasteiger partial charge on any atom is 0.0178 e. The Morgan fingerprint density at radius 1 is 0.667 bits per heavy atom. The van der Waals surface area contributed by atoms with E-state index in [0.717, 1.165) is 12.8 Å². The third kappa shape index (κ3) is 3.43. The molecule has 0 saturated heterocycles. The molecule has 0 nitrogen and oxygen atoms in total. The fourth-order valence-corrected chi connectivity index (χ4v) is 3.38. The zero-order valence-electron chi connectivity index (χ0n) is 14.9. The highest BCUT2D eigenvalue weighted by molar-refractivity contribution is 5.42. The minimum atomic E-state index is 0.0234. The van der Waals surface area contributed by atoms with Crippen LogP contribution in [0.25, 0.3) is 0 Å². The van der Waals surface area contributed by atoms with Crippen LogP contribution < -0.4 is 0 Å². The minimum absolute atomic E-state index is 0.0234. The summed E-state index contributed by atoms with van der Waals surface area (Å²) in [6.45, 7) is 6.78. The topological polar surface area (TPSA) is 0 Å². The van der Waals surface area contributed by atoms with E-state index < -0.39 is 0 Å². The zero-order chi connectivity index (χ0) is 17.0. The molecule has 0 fully saturated rings. The second kappa shape index (κ2) is 7.05. The van der Waals surface area contributed by atoms with Crippen LogP contribution in [-0.4, -0.2) is 0 Å². The standard InChI is InChI=1S/C24H26/c1-19-14-15-23(18-20(19)2)24(3,22-12-8-5-9-13-22)17-16-21-10-6-4-7-11-21/h4-15,18H,16-17H2,1-3H3. The van der Waals surface area contributed by atoms with Gasteiger partial charge in [-0.1, -0.05) is 85.8 Å². The summed E-state index contributed by atoms with van der Waals surface area (Å²) >= 11 is 0. The van der Waals surface area contributed by atoms with Crippen LogP contribution in [0.2, 0.25) is 0 Å². The average Bonchev–Trinajstić information content (AvgIpc) is 2.63. The quantitative estimate of drug-likeness (QED) is 0.522. The first kappa shape index (κ1) is 16.5. The fourth-order valence-electron chi connectivity index (χ4n) is 3.38. The van der Waals surface area contributed by atoms with Crippen LogP contribution in [0.3, 0.4) is 0 Å². The predicted molar refractivity (Wildman–Crippen MR) is 104 cm³/mol. The molecule has 3 rings (SSSR count). The molecule has 0 radical (unpaired) electrons. The Labute approximate surface area is 146 Å². The van der Waals surface area contributed by atoms with E-state index in [-0.39, 0.29) is 5.41 Å². The van der Waals surface area contributed by atoms with Crippen LogP contribution in [0.1, 0.15) is 41.2 Å². The van der Waals surface area contributed by atoms with Crippen LogP contribution in [0.5, 0.6) is 0 Å². The van der Waals surface area contributed by atoms with Crippen LogP contribution in [0, 0.1) is 13.8 Å². The summed E-state index contributed by atoms with van der Waals surface area (Å²) in [5.74, 6) is 0. The van der Waals surface area contributed by atoms with Crippen LogP contribution >= 0.6 is 0 Å². The van der Waals surface area contributed by atoms with Crippen molar-refractivity contribution in [1.82, 2.24) is 0 Å². The molecule has 0 aliphatic rings. The average molecular weight is 314 g/mol. The van der Waals surface area contributed by atoms with Crippen LogP contribution in [0.15, 0.2) is 78.9 Å². The highest BCUT2D eigenvalue weighted by Gasteiger charge is 2.28. The number of benzene rings is 3. The molecule has 0 aliphatic heterocycles. The van der Waals surface area contributed by atoms with Gasteiger partial charge < -0.3 is 0 Å². The van der Waals surface area contributed by atoms with Crippen molar-refractivity contribution in [3.63, 3.8) is 0 Å². The van der Waals surface area contributed by atoms with Crippen LogP contribution in [0.4, 0.5) is 0 Å². The molecule has 0 aromatic heterocycles. The van der Waals surface area contributed by atoms with Crippen molar-refractivity contribution in [3.8, 4) is 0 Å². The Morgan fingerprint density at radius 2 is 1.29 bits per heavy atom. The number of aryl methyl sites for hydroxylation is 3. The number of hydrogen-bond acceptors (Lipinski definition) is 0. The minimum Gasteiger partial charge on any atom is -0.0622 e. The molecule has 0 heteroatoms. The van der Waals surface area contributed by atoms with E-state index in [1.807, 2.05) is 0 Å². The summed E-state index contributed by atoms with van der Waals surface area (Å²) in [4.78, 5) is 0. The molecule has 0 bridgehead atoms. The highest BCUT2D eigenvalue weighted by atomic mass is 14.3. The Balaban J connectivity index is 1.99. The van der Waals surface area contributed by atoms with Gasteiger partial charge in [-0.3, -0.25) is 0 Å². The van der Waals surface area contributed by atoms with Crippen molar-refractivity contribution in [2.45, 2.75) is 39.0 Å². The molecule has 122 valence electrons. The summed E-state index contributed by atoms with van der Waals surface area (Å²) in [6.07, 6.45) is 2.18. The zero-order valence-corrected chi connectivity index (χ0v) is 14.9. The smallest absolute Gasteiger partial charge is 0.0178 e. The van der Waals surface area contributed by atoms with E-state index in [9.17, 15) is 0 Å². The Morgan fingerprint density at radius 3 is 1.92 bits per heavy atom. The first-order chi connectivity index (χ1) is 11.6. The number of hydrogen-bond donors (Lipinski definition) is 0. The van der Waals surface area contributed by atoms with E-state index in [1.54, 1.807) is 0 Å². The van der Waals surface area contributed by atoms with Gasteiger partial charge in [-0.2, -0.15) is 0 Å². The van der Waals surface area contributed by atoms with Gasteiger partial charge in [0.2, 0.25) is 0 Å². The number of rotatable bonds is 5. The maximum absolute atomic E-state index is 2.38. The first-order valence-electron chi connectivity index (χ1n) is 8.77. The lowest BCUT2D eigenvalue weighted by Gasteiger charge is -2.32. The summed E-state index contributed by atoms with van der Waals surface area (Å²) in [7, 11) is 0. The monoisotopic (exact) mass is 314 g/mol. The van der Waals surface area contributed by atoms with Crippen molar-refractivity contribution in [2.24, 2.45) is 0 Å².